The van der Waals surface area contributed by atoms with E-state index in [0.29, 0.717) is 5.69 Å². The monoisotopic (exact) mass is 505 g/mol. The Kier molecular flexibility index (Phi) is 7.09. The van der Waals surface area contributed by atoms with Crippen LogP contribution in [0, 0.1) is 0 Å². The Hall–Kier alpha value is -4.10. The first-order valence-electron chi connectivity index (χ1n) is 13.5. The summed E-state index contributed by atoms with van der Waals surface area (Å²) < 4.78 is 0. The number of hydrogen-bond donors (Lipinski definition) is 1. The molecule has 0 amide bonds. The summed E-state index contributed by atoms with van der Waals surface area (Å²) in [5.41, 5.74) is 11.3. The maximum absolute atomic E-state index is 6.73. The number of benzene rings is 3. The van der Waals surface area contributed by atoms with Gasteiger partial charge < -0.3 is 20.4 Å². The van der Waals surface area contributed by atoms with E-state index in [-0.39, 0.29) is 6.04 Å². The molecule has 0 aliphatic carbocycles. The number of para-hydroxylation sites is 1. The summed E-state index contributed by atoms with van der Waals surface area (Å²) in [4.78, 5) is 18.9. The zero-order valence-electron chi connectivity index (χ0n) is 21.7. The van der Waals surface area contributed by atoms with Gasteiger partial charge in [-0.25, -0.2) is 9.97 Å². The highest BCUT2D eigenvalue weighted by Crippen LogP contribution is 2.33. The van der Waals surface area contributed by atoms with E-state index in [1.807, 2.05) is 0 Å². The first-order valence-corrected chi connectivity index (χ1v) is 13.5. The SMILES string of the molecule is Nc1c(N2CCN(c3ccccc3)CC2)ncnc1N1CCN(C(c2ccccc2)c2ccccc2)CC1. The minimum absolute atomic E-state index is 0.235. The van der Waals surface area contributed by atoms with E-state index < -0.39 is 0 Å². The van der Waals surface area contributed by atoms with Crippen molar-refractivity contribution in [3.63, 3.8) is 0 Å². The molecular weight excluding hydrogens is 470 g/mol. The fourth-order valence-electron chi connectivity index (χ4n) is 5.77. The van der Waals surface area contributed by atoms with Crippen molar-refractivity contribution in [3.8, 4) is 0 Å². The molecule has 4 aromatic rings. The van der Waals surface area contributed by atoms with Gasteiger partial charge in [0.15, 0.2) is 11.6 Å². The Morgan fingerprint density at radius 3 is 1.45 bits per heavy atom. The Balaban J connectivity index is 1.15. The Morgan fingerprint density at radius 2 is 0.947 bits per heavy atom. The Bertz CT molecular complexity index is 1260. The van der Waals surface area contributed by atoms with Crippen LogP contribution in [0.2, 0.25) is 0 Å². The summed E-state index contributed by atoms with van der Waals surface area (Å²) >= 11 is 0. The van der Waals surface area contributed by atoms with Crippen LogP contribution in [0.25, 0.3) is 0 Å². The predicted octanol–water partition coefficient (Wildman–Crippen LogP) is 4.30. The number of piperazine rings is 2. The van der Waals surface area contributed by atoms with Crippen LogP contribution in [0.3, 0.4) is 0 Å². The summed E-state index contributed by atoms with van der Waals surface area (Å²) in [6.45, 7) is 7.28. The van der Waals surface area contributed by atoms with Crippen molar-refractivity contribution in [2.75, 3.05) is 72.8 Å². The van der Waals surface area contributed by atoms with Crippen LogP contribution in [0.5, 0.6) is 0 Å². The summed E-state index contributed by atoms with van der Waals surface area (Å²) in [5.74, 6) is 1.72. The Morgan fingerprint density at radius 1 is 0.526 bits per heavy atom. The van der Waals surface area contributed by atoms with Crippen molar-refractivity contribution in [2.45, 2.75) is 6.04 Å². The number of nitrogen functional groups attached to an aromatic ring is 1. The van der Waals surface area contributed by atoms with Gasteiger partial charge in [0.1, 0.15) is 12.0 Å². The second-order valence-corrected chi connectivity index (χ2v) is 9.99. The number of rotatable bonds is 6. The normalized spacial score (nSPS) is 16.7. The molecule has 194 valence electrons. The molecule has 0 radical (unpaired) electrons. The topological polar surface area (TPSA) is 64.8 Å². The van der Waals surface area contributed by atoms with Crippen LogP contribution >= 0.6 is 0 Å². The second kappa shape index (κ2) is 11.1. The Labute approximate surface area is 225 Å². The van der Waals surface area contributed by atoms with Gasteiger partial charge in [0.25, 0.3) is 0 Å². The third-order valence-electron chi connectivity index (χ3n) is 7.75. The van der Waals surface area contributed by atoms with Crippen LogP contribution in [-0.4, -0.2) is 67.2 Å². The summed E-state index contributed by atoms with van der Waals surface area (Å²) in [6, 6.07) is 32.4. The number of hydrogen-bond acceptors (Lipinski definition) is 7. The average Bonchev–Trinajstić information content (AvgIpc) is 3.00. The van der Waals surface area contributed by atoms with Gasteiger partial charge in [-0.15, -0.1) is 0 Å². The smallest absolute Gasteiger partial charge is 0.157 e. The number of anilines is 4. The minimum atomic E-state index is 0.235. The predicted molar refractivity (Wildman–Crippen MR) is 156 cm³/mol. The van der Waals surface area contributed by atoms with Crippen molar-refractivity contribution >= 4 is 23.0 Å². The first-order chi connectivity index (χ1) is 18.8. The van der Waals surface area contributed by atoms with E-state index in [2.05, 4.69) is 121 Å². The molecule has 1 aromatic heterocycles. The standard InChI is InChI=1S/C31H35N7/c32-28-30(37-20-16-35(17-21-37)27-14-8-3-9-15-27)33-24-34-31(28)38-22-18-36(19-23-38)29(25-10-4-1-5-11-25)26-12-6-2-7-13-26/h1-15,24,29H,16-23,32H2. The number of aromatic nitrogens is 2. The fraction of sp³-hybridized carbons (Fsp3) is 0.290. The molecular formula is C31H35N7. The van der Waals surface area contributed by atoms with Crippen LogP contribution in [0.1, 0.15) is 17.2 Å². The fourth-order valence-corrected chi connectivity index (χ4v) is 5.77. The molecule has 38 heavy (non-hydrogen) atoms. The average molecular weight is 506 g/mol. The van der Waals surface area contributed by atoms with Crippen LogP contribution in [-0.2, 0) is 0 Å². The van der Waals surface area contributed by atoms with E-state index in [1.54, 1.807) is 6.33 Å². The minimum Gasteiger partial charge on any atom is -0.393 e. The molecule has 7 nitrogen and oxygen atoms in total. The molecule has 0 saturated carbocycles. The van der Waals surface area contributed by atoms with E-state index in [1.165, 1.54) is 16.8 Å². The van der Waals surface area contributed by atoms with Gasteiger partial charge >= 0.3 is 0 Å². The largest absolute Gasteiger partial charge is 0.393 e. The zero-order valence-corrected chi connectivity index (χ0v) is 21.7. The summed E-state index contributed by atoms with van der Waals surface area (Å²) in [6.07, 6.45) is 1.67. The molecule has 2 N–H and O–H groups in total. The number of nitrogens with zero attached hydrogens (tertiary/aromatic N) is 6. The lowest BCUT2D eigenvalue weighted by atomic mass is 9.96. The van der Waals surface area contributed by atoms with Gasteiger partial charge in [0.05, 0.1) is 6.04 Å². The molecule has 3 heterocycles. The van der Waals surface area contributed by atoms with Crippen molar-refractivity contribution in [1.82, 2.24) is 14.9 Å². The van der Waals surface area contributed by atoms with Gasteiger partial charge in [-0.3, -0.25) is 4.90 Å². The number of nitrogens with two attached hydrogens (primary N) is 1. The van der Waals surface area contributed by atoms with Crippen molar-refractivity contribution < 1.29 is 0 Å². The van der Waals surface area contributed by atoms with Crippen molar-refractivity contribution in [1.29, 1.82) is 0 Å². The molecule has 2 aliphatic rings. The molecule has 0 atom stereocenters. The molecule has 2 fully saturated rings. The highest BCUT2D eigenvalue weighted by Gasteiger charge is 2.29. The zero-order chi connectivity index (χ0) is 25.7. The van der Waals surface area contributed by atoms with Gasteiger partial charge in [0.2, 0.25) is 0 Å². The third-order valence-corrected chi connectivity index (χ3v) is 7.75. The molecule has 7 heteroatoms. The molecule has 0 spiro atoms. The van der Waals surface area contributed by atoms with E-state index >= 15 is 0 Å². The van der Waals surface area contributed by atoms with Crippen LogP contribution in [0.4, 0.5) is 23.0 Å². The van der Waals surface area contributed by atoms with Gasteiger partial charge in [0, 0.05) is 58.0 Å². The van der Waals surface area contributed by atoms with Gasteiger partial charge in [-0.2, -0.15) is 0 Å². The lowest BCUT2D eigenvalue weighted by Crippen LogP contribution is -2.49. The maximum Gasteiger partial charge on any atom is 0.157 e. The van der Waals surface area contributed by atoms with E-state index in [9.17, 15) is 0 Å². The lowest BCUT2D eigenvalue weighted by molar-refractivity contribution is 0.212. The molecule has 0 bridgehead atoms. The molecule has 3 aromatic carbocycles. The van der Waals surface area contributed by atoms with Crippen molar-refractivity contribution in [2.24, 2.45) is 0 Å². The van der Waals surface area contributed by atoms with Crippen LogP contribution < -0.4 is 20.4 Å². The van der Waals surface area contributed by atoms with Gasteiger partial charge in [-0.1, -0.05) is 78.9 Å². The summed E-state index contributed by atoms with van der Waals surface area (Å²) in [5, 5.41) is 0. The van der Waals surface area contributed by atoms with Crippen molar-refractivity contribution in [3.05, 3.63) is 108 Å². The third kappa shape index (κ3) is 5.02. The van der Waals surface area contributed by atoms with Crippen LogP contribution in [0.15, 0.2) is 97.3 Å². The quantitative estimate of drug-likeness (QED) is 0.419. The lowest BCUT2D eigenvalue weighted by Gasteiger charge is -2.41. The molecule has 0 unspecified atom stereocenters. The first kappa shape index (κ1) is 24.2. The van der Waals surface area contributed by atoms with Gasteiger partial charge in [-0.05, 0) is 23.3 Å². The summed E-state index contributed by atoms with van der Waals surface area (Å²) in [7, 11) is 0. The van der Waals surface area contributed by atoms with E-state index in [4.69, 9.17) is 5.73 Å². The molecule has 2 aliphatic heterocycles. The highest BCUT2D eigenvalue weighted by atomic mass is 15.3. The molecule has 2 saturated heterocycles. The van der Waals surface area contributed by atoms with E-state index in [0.717, 1.165) is 64.0 Å². The maximum atomic E-state index is 6.73. The second-order valence-electron chi connectivity index (χ2n) is 9.99. The molecule has 6 rings (SSSR count). The highest BCUT2D eigenvalue weighted by molar-refractivity contribution is 5.76.